The SMILES string of the molecule is CCOC(=O)c1ccc(N2C(=O)[C@H]3[C@H](c4ccccc4OCC(=O)Nc4ccc(F)cc4)c4sc(=O)[nH]c4S[C@H]3C2=O)cc1. The first-order valence-electron chi connectivity index (χ1n) is 13.6. The van der Waals surface area contributed by atoms with Crippen LogP contribution in [-0.4, -0.2) is 47.1 Å². The largest absolute Gasteiger partial charge is 0.483 e. The summed E-state index contributed by atoms with van der Waals surface area (Å²) in [4.78, 5) is 69.2. The summed E-state index contributed by atoms with van der Waals surface area (Å²) in [6.07, 6.45) is 0. The Bertz CT molecular complexity index is 1820. The van der Waals surface area contributed by atoms with Gasteiger partial charge in [-0.2, -0.15) is 0 Å². The van der Waals surface area contributed by atoms with Crippen LogP contribution in [0.2, 0.25) is 0 Å². The van der Waals surface area contributed by atoms with Gasteiger partial charge in [0.2, 0.25) is 11.8 Å². The van der Waals surface area contributed by atoms with E-state index in [-0.39, 0.29) is 23.7 Å². The Morgan fingerprint density at radius 2 is 1.70 bits per heavy atom. The number of nitrogens with zero attached hydrogens (tertiary/aromatic N) is 1. The lowest BCUT2D eigenvalue weighted by Crippen LogP contribution is -2.32. The Hall–Kier alpha value is -4.75. The molecule has 44 heavy (non-hydrogen) atoms. The summed E-state index contributed by atoms with van der Waals surface area (Å²) in [6, 6.07) is 18.2. The van der Waals surface area contributed by atoms with Gasteiger partial charge < -0.3 is 19.8 Å². The van der Waals surface area contributed by atoms with Crippen LogP contribution in [-0.2, 0) is 19.1 Å². The quantitative estimate of drug-likeness (QED) is 0.213. The van der Waals surface area contributed by atoms with Crippen molar-refractivity contribution in [2.45, 2.75) is 23.1 Å². The van der Waals surface area contributed by atoms with Gasteiger partial charge in [0.15, 0.2) is 6.61 Å². The minimum Gasteiger partial charge on any atom is -0.483 e. The van der Waals surface area contributed by atoms with Gasteiger partial charge in [0.1, 0.15) is 16.8 Å². The van der Waals surface area contributed by atoms with E-state index in [2.05, 4.69) is 10.3 Å². The highest BCUT2D eigenvalue weighted by Gasteiger charge is 2.56. The number of ether oxygens (including phenoxy) is 2. The van der Waals surface area contributed by atoms with E-state index in [1.165, 1.54) is 48.5 Å². The molecule has 10 nitrogen and oxygen atoms in total. The van der Waals surface area contributed by atoms with Crippen molar-refractivity contribution in [3.63, 3.8) is 0 Å². The highest BCUT2D eigenvalue weighted by molar-refractivity contribution is 8.00. The van der Waals surface area contributed by atoms with Gasteiger partial charge >= 0.3 is 10.8 Å². The van der Waals surface area contributed by atoms with Crippen molar-refractivity contribution in [3.8, 4) is 5.75 Å². The molecule has 0 radical (unpaired) electrons. The summed E-state index contributed by atoms with van der Waals surface area (Å²) in [5, 5.41) is 2.29. The molecule has 1 saturated heterocycles. The molecule has 0 bridgehead atoms. The maximum atomic E-state index is 14.1. The van der Waals surface area contributed by atoms with E-state index in [1.807, 2.05) is 0 Å². The fourth-order valence-corrected chi connectivity index (χ4v) is 7.82. The number of benzene rings is 3. The number of carbonyl (C=O) groups excluding carboxylic acids is 4. The maximum Gasteiger partial charge on any atom is 0.338 e. The summed E-state index contributed by atoms with van der Waals surface area (Å²) in [6.45, 7) is 1.52. The third kappa shape index (κ3) is 5.51. The highest BCUT2D eigenvalue weighted by Crippen LogP contribution is 2.54. The lowest BCUT2D eigenvalue weighted by Gasteiger charge is -2.30. The zero-order valence-corrected chi connectivity index (χ0v) is 24.7. The monoisotopic (exact) mass is 633 g/mol. The first kappa shape index (κ1) is 29.3. The molecular formula is C31H24FN3O7S2. The molecule has 224 valence electrons. The third-order valence-electron chi connectivity index (χ3n) is 7.20. The predicted molar refractivity (Wildman–Crippen MR) is 162 cm³/mol. The Labute approximate surface area is 258 Å². The maximum absolute atomic E-state index is 14.1. The van der Waals surface area contributed by atoms with Crippen LogP contribution in [0.15, 0.2) is 82.6 Å². The number of carbonyl (C=O) groups is 4. The minimum absolute atomic E-state index is 0.210. The van der Waals surface area contributed by atoms with E-state index in [4.69, 9.17) is 9.47 Å². The molecule has 13 heteroatoms. The van der Waals surface area contributed by atoms with Gasteiger partial charge in [0, 0.05) is 22.0 Å². The van der Waals surface area contributed by atoms with Crippen molar-refractivity contribution in [1.29, 1.82) is 0 Å². The van der Waals surface area contributed by atoms with Crippen molar-refractivity contribution < 1.29 is 33.0 Å². The zero-order chi connectivity index (χ0) is 31.0. The van der Waals surface area contributed by atoms with Crippen molar-refractivity contribution in [2.75, 3.05) is 23.4 Å². The number of H-pyrrole nitrogens is 1. The molecule has 0 saturated carbocycles. The van der Waals surface area contributed by atoms with Gasteiger partial charge in [-0.3, -0.25) is 19.2 Å². The summed E-state index contributed by atoms with van der Waals surface area (Å²) >= 11 is 2.09. The molecule has 2 aliphatic rings. The molecule has 3 amide bonds. The normalized spacial score (nSPS) is 18.9. The van der Waals surface area contributed by atoms with Gasteiger partial charge in [-0.25, -0.2) is 14.1 Å². The smallest absolute Gasteiger partial charge is 0.338 e. The van der Waals surface area contributed by atoms with Crippen molar-refractivity contribution in [1.82, 2.24) is 4.98 Å². The van der Waals surface area contributed by atoms with Crippen LogP contribution in [0.5, 0.6) is 5.75 Å². The minimum atomic E-state index is -0.881. The van der Waals surface area contributed by atoms with E-state index < -0.39 is 46.6 Å². The molecule has 2 N–H and O–H groups in total. The van der Waals surface area contributed by atoms with Gasteiger partial charge in [0.05, 0.1) is 28.8 Å². The summed E-state index contributed by atoms with van der Waals surface area (Å²) in [7, 11) is 0. The molecule has 0 aliphatic carbocycles. The van der Waals surface area contributed by atoms with Crippen LogP contribution in [0, 0.1) is 11.7 Å². The van der Waals surface area contributed by atoms with E-state index >= 15 is 0 Å². The third-order valence-corrected chi connectivity index (χ3v) is 9.60. The summed E-state index contributed by atoms with van der Waals surface area (Å²) in [5.41, 5.74) is 1.52. The lowest BCUT2D eigenvalue weighted by molar-refractivity contribution is -0.122. The molecule has 0 spiro atoms. The Kier molecular flexibility index (Phi) is 8.06. The molecule has 3 atom stereocenters. The number of amides is 3. The second-order valence-corrected chi connectivity index (χ2v) is 12.1. The number of thiazole rings is 1. The number of halogens is 1. The van der Waals surface area contributed by atoms with Crippen LogP contribution in [0.25, 0.3) is 0 Å². The van der Waals surface area contributed by atoms with Crippen molar-refractivity contribution in [2.24, 2.45) is 5.92 Å². The van der Waals surface area contributed by atoms with E-state index in [9.17, 15) is 28.4 Å². The average molecular weight is 634 g/mol. The van der Waals surface area contributed by atoms with Crippen molar-refractivity contribution >= 4 is 58.2 Å². The first-order chi connectivity index (χ1) is 21.2. The predicted octanol–water partition coefficient (Wildman–Crippen LogP) is 4.57. The van der Waals surface area contributed by atoms with Gasteiger partial charge in [0.25, 0.3) is 5.91 Å². The molecule has 1 fully saturated rings. The molecule has 3 aromatic carbocycles. The molecule has 2 aliphatic heterocycles. The van der Waals surface area contributed by atoms with Crippen LogP contribution >= 0.6 is 23.1 Å². The number of anilines is 2. The van der Waals surface area contributed by atoms with E-state index in [0.717, 1.165) is 28.0 Å². The number of hydrogen-bond donors (Lipinski definition) is 2. The second-order valence-electron chi connectivity index (χ2n) is 9.91. The van der Waals surface area contributed by atoms with Crippen molar-refractivity contribution in [3.05, 3.63) is 104 Å². The van der Waals surface area contributed by atoms with Crippen LogP contribution in [0.3, 0.4) is 0 Å². The number of imide groups is 1. The number of esters is 1. The topological polar surface area (TPSA) is 135 Å². The van der Waals surface area contributed by atoms with E-state index in [1.54, 1.807) is 31.2 Å². The highest BCUT2D eigenvalue weighted by atomic mass is 32.2. The molecule has 4 aromatic rings. The molecule has 1 aromatic heterocycles. The molecule has 6 rings (SSSR count). The zero-order valence-electron chi connectivity index (χ0n) is 23.1. The summed E-state index contributed by atoms with van der Waals surface area (Å²) < 4.78 is 24.2. The number of aromatic nitrogens is 1. The first-order valence-corrected chi connectivity index (χ1v) is 15.3. The fourth-order valence-electron chi connectivity index (χ4n) is 5.31. The number of thioether (sulfide) groups is 1. The second kappa shape index (κ2) is 12.1. The number of hydrogen-bond acceptors (Lipinski definition) is 9. The number of rotatable bonds is 8. The molecule has 0 unspecified atom stereocenters. The van der Waals surface area contributed by atoms with Gasteiger partial charge in [-0.05, 0) is 61.5 Å². The summed E-state index contributed by atoms with van der Waals surface area (Å²) in [5.74, 6) is -3.65. The van der Waals surface area contributed by atoms with Crippen LogP contribution in [0.4, 0.5) is 15.8 Å². The molecular weight excluding hydrogens is 609 g/mol. The van der Waals surface area contributed by atoms with E-state index in [0.29, 0.717) is 32.6 Å². The average Bonchev–Trinajstić information content (AvgIpc) is 3.51. The Morgan fingerprint density at radius 1 is 0.977 bits per heavy atom. The number of nitrogens with one attached hydrogen (secondary N) is 2. The molecule has 3 heterocycles. The Balaban J connectivity index is 1.31. The lowest BCUT2D eigenvalue weighted by atomic mass is 9.82. The Morgan fingerprint density at radius 3 is 2.43 bits per heavy atom. The van der Waals surface area contributed by atoms with Gasteiger partial charge in [-0.15, -0.1) is 0 Å². The number of fused-ring (bicyclic) bond motifs is 2. The van der Waals surface area contributed by atoms with Crippen LogP contribution in [0.1, 0.15) is 33.6 Å². The fraction of sp³-hybridized carbons (Fsp3) is 0.194. The van der Waals surface area contributed by atoms with Gasteiger partial charge in [-0.1, -0.05) is 41.3 Å². The number of para-hydroxylation sites is 1. The standard InChI is InChI=1S/C31H24FN3O7S2/c1-2-41-30(39)16-7-13-19(14-8-16)35-28(37)24-23(25-27(34-31(40)44-25)43-26(24)29(35)38)20-5-3-4-6-21(20)42-15-22(36)33-18-11-9-17(32)10-12-18/h3-14,23-24,26H,2,15H2,1H3,(H,33,36)(H,34,40)/t23-,24-,26+/m0/s1. The number of aromatic amines is 1. The van der Waals surface area contributed by atoms with Crippen LogP contribution < -0.4 is 19.8 Å².